The van der Waals surface area contributed by atoms with Crippen molar-refractivity contribution in [2.45, 2.75) is 19.1 Å². The molecular weight excluding hydrogens is 190 g/mol. The molecule has 0 spiro atoms. The van der Waals surface area contributed by atoms with Gasteiger partial charge in [-0.25, -0.2) is 4.79 Å². The first-order chi connectivity index (χ1) is 3.63. The van der Waals surface area contributed by atoms with Gasteiger partial charge in [-0.3, -0.25) is 4.72 Å². The summed E-state index contributed by atoms with van der Waals surface area (Å²) in [6, 6.07) is 0. The van der Waals surface area contributed by atoms with E-state index in [4.69, 9.17) is 5.11 Å². The van der Waals surface area contributed by atoms with E-state index in [1.54, 1.807) is 0 Å². The fraction of sp³-hybridized carbons (Fsp3) is 0.750. The van der Waals surface area contributed by atoms with E-state index >= 15 is 0 Å². The van der Waals surface area contributed by atoms with Crippen LogP contribution in [0, 0.1) is 0 Å². The third-order valence-corrected chi connectivity index (χ3v) is 1.15. The van der Waals surface area contributed by atoms with Crippen molar-refractivity contribution < 1.29 is 27.0 Å². The molecule has 1 amide bonds. The molecule has 0 bridgehead atoms. The summed E-state index contributed by atoms with van der Waals surface area (Å²) in [5, 5.41) is 8.34. The van der Waals surface area contributed by atoms with Crippen LogP contribution in [-0.2, 0) is 17.1 Å². The van der Waals surface area contributed by atoms with Crippen molar-refractivity contribution in [3.63, 3.8) is 0 Å². The van der Waals surface area contributed by atoms with Gasteiger partial charge in [0, 0.05) is 22.3 Å². The third-order valence-electron chi connectivity index (χ3n) is 0.382. The van der Waals surface area contributed by atoms with Gasteiger partial charge < -0.3 is 5.11 Å². The van der Waals surface area contributed by atoms with Crippen LogP contribution in [0.3, 0.4) is 0 Å². The SMILES string of the molecule is CC(C)SNC(=O)O.[Cu]. The van der Waals surface area contributed by atoms with E-state index in [0.29, 0.717) is 5.25 Å². The first kappa shape index (κ1) is 11.9. The van der Waals surface area contributed by atoms with Gasteiger partial charge in [-0.2, -0.15) is 0 Å². The second kappa shape index (κ2) is 6.26. The van der Waals surface area contributed by atoms with Crippen LogP contribution >= 0.6 is 11.9 Å². The largest absolute Gasteiger partial charge is 0.464 e. The number of nitrogens with one attached hydrogen (secondary N) is 1. The minimum atomic E-state index is -0.983. The average Bonchev–Trinajstić information content (AvgIpc) is 1.61. The summed E-state index contributed by atoms with van der Waals surface area (Å²) in [6.07, 6.45) is -0.983. The van der Waals surface area contributed by atoms with Gasteiger partial charge in [-0.15, -0.1) is 0 Å². The number of amides is 1. The Kier molecular flexibility index (Phi) is 8.27. The fourth-order valence-corrected chi connectivity index (χ4v) is 0.505. The summed E-state index contributed by atoms with van der Waals surface area (Å²) in [6.45, 7) is 3.83. The van der Waals surface area contributed by atoms with E-state index < -0.39 is 6.09 Å². The normalized spacial score (nSPS) is 8.33. The van der Waals surface area contributed by atoms with Gasteiger partial charge in [0.1, 0.15) is 0 Å². The monoisotopic (exact) mass is 198 g/mol. The molecule has 0 aliphatic carbocycles. The summed E-state index contributed by atoms with van der Waals surface area (Å²) in [5.74, 6) is 0. The number of rotatable bonds is 2. The van der Waals surface area contributed by atoms with Gasteiger partial charge in [0.25, 0.3) is 0 Å². The zero-order valence-electron chi connectivity index (χ0n) is 5.14. The Bertz CT molecular complexity index is 88.6. The molecule has 0 aromatic rings. The average molecular weight is 199 g/mol. The molecule has 0 heterocycles. The Labute approximate surface area is 69.2 Å². The van der Waals surface area contributed by atoms with E-state index in [-0.39, 0.29) is 17.1 Å². The standard InChI is InChI=1S/C4H9NO2S.Cu/c1-3(2)8-5-4(6)7;/h3,5H,1-2H3,(H,6,7);. The Morgan fingerprint density at radius 3 is 2.22 bits per heavy atom. The molecule has 5 heteroatoms. The summed E-state index contributed by atoms with van der Waals surface area (Å²) in [5.41, 5.74) is 0. The van der Waals surface area contributed by atoms with Crippen molar-refractivity contribution in [3.05, 3.63) is 0 Å². The molecule has 2 N–H and O–H groups in total. The molecule has 1 radical (unpaired) electrons. The molecule has 0 rings (SSSR count). The molecule has 0 unspecified atom stereocenters. The molecular formula is C4H9CuNO2S. The molecule has 0 aromatic carbocycles. The van der Waals surface area contributed by atoms with Crippen LogP contribution in [0.2, 0.25) is 0 Å². The van der Waals surface area contributed by atoms with Gasteiger partial charge in [-0.05, 0) is 11.9 Å². The molecule has 0 saturated carbocycles. The number of carbonyl (C=O) groups is 1. The van der Waals surface area contributed by atoms with Crippen molar-refractivity contribution in [2.24, 2.45) is 0 Å². The summed E-state index contributed by atoms with van der Waals surface area (Å²) >= 11 is 1.19. The van der Waals surface area contributed by atoms with Crippen LogP contribution < -0.4 is 4.72 Å². The van der Waals surface area contributed by atoms with Gasteiger partial charge in [0.15, 0.2) is 0 Å². The van der Waals surface area contributed by atoms with E-state index in [9.17, 15) is 4.79 Å². The van der Waals surface area contributed by atoms with Gasteiger partial charge >= 0.3 is 6.09 Å². The smallest absolute Gasteiger partial charge is 0.414 e. The van der Waals surface area contributed by atoms with Crippen molar-refractivity contribution in [3.8, 4) is 0 Å². The van der Waals surface area contributed by atoms with Crippen LogP contribution in [0.1, 0.15) is 13.8 Å². The van der Waals surface area contributed by atoms with E-state index in [0.717, 1.165) is 0 Å². The topological polar surface area (TPSA) is 49.3 Å². The van der Waals surface area contributed by atoms with Crippen LogP contribution in [-0.4, -0.2) is 16.4 Å². The molecule has 0 fully saturated rings. The minimum absolute atomic E-state index is 0. The van der Waals surface area contributed by atoms with Gasteiger partial charge in [0.2, 0.25) is 0 Å². The summed E-state index contributed by atoms with van der Waals surface area (Å²) in [7, 11) is 0. The first-order valence-electron chi connectivity index (χ1n) is 2.27. The maximum Gasteiger partial charge on any atom is 0.414 e. The zero-order chi connectivity index (χ0) is 6.57. The predicted molar refractivity (Wildman–Crippen MR) is 33.9 cm³/mol. The Hall–Kier alpha value is 0.139. The Balaban J connectivity index is 0. The second-order valence-corrected chi connectivity index (χ2v) is 2.96. The van der Waals surface area contributed by atoms with Crippen molar-refractivity contribution in [2.75, 3.05) is 0 Å². The number of hydrogen-bond acceptors (Lipinski definition) is 2. The van der Waals surface area contributed by atoms with Crippen LogP contribution in [0.15, 0.2) is 0 Å². The summed E-state index contributed by atoms with van der Waals surface area (Å²) in [4.78, 5) is 9.77. The van der Waals surface area contributed by atoms with Crippen molar-refractivity contribution in [1.82, 2.24) is 4.72 Å². The van der Waals surface area contributed by atoms with Crippen molar-refractivity contribution >= 4 is 18.0 Å². The fourth-order valence-electron chi connectivity index (χ4n) is 0.168. The number of hydrogen-bond donors (Lipinski definition) is 2. The van der Waals surface area contributed by atoms with Crippen LogP contribution in [0.5, 0.6) is 0 Å². The van der Waals surface area contributed by atoms with E-state index in [1.165, 1.54) is 11.9 Å². The van der Waals surface area contributed by atoms with Crippen LogP contribution in [0.4, 0.5) is 4.79 Å². The van der Waals surface area contributed by atoms with Gasteiger partial charge in [0.05, 0.1) is 0 Å². The molecule has 9 heavy (non-hydrogen) atoms. The minimum Gasteiger partial charge on any atom is -0.464 e. The molecule has 0 aliphatic rings. The third kappa shape index (κ3) is 11.6. The molecule has 0 saturated heterocycles. The van der Waals surface area contributed by atoms with E-state index in [2.05, 4.69) is 4.72 Å². The van der Waals surface area contributed by atoms with E-state index in [1.807, 2.05) is 13.8 Å². The molecule has 0 aromatic heterocycles. The van der Waals surface area contributed by atoms with Crippen molar-refractivity contribution in [1.29, 1.82) is 0 Å². The number of carboxylic acid groups (broad SMARTS) is 1. The van der Waals surface area contributed by atoms with Gasteiger partial charge in [-0.1, -0.05) is 13.8 Å². The first-order valence-corrected chi connectivity index (χ1v) is 3.15. The molecule has 0 atom stereocenters. The quantitative estimate of drug-likeness (QED) is 0.520. The predicted octanol–water partition coefficient (Wildman–Crippen LogP) is 1.31. The summed E-state index contributed by atoms with van der Waals surface area (Å²) < 4.78 is 2.18. The maximum absolute atomic E-state index is 9.77. The maximum atomic E-state index is 9.77. The zero-order valence-corrected chi connectivity index (χ0v) is 6.90. The molecule has 59 valence electrons. The molecule has 3 nitrogen and oxygen atoms in total. The molecule has 0 aliphatic heterocycles. The Morgan fingerprint density at radius 1 is 1.67 bits per heavy atom. The van der Waals surface area contributed by atoms with Crippen LogP contribution in [0.25, 0.3) is 0 Å². The second-order valence-electron chi connectivity index (χ2n) is 1.57. The Morgan fingerprint density at radius 2 is 2.11 bits per heavy atom.